The first-order valence-corrected chi connectivity index (χ1v) is 4.67. The van der Waals surface area contributed by atoms with Crippen molar-refractivity contribution in [3.63, 3.8) is 0 Å². The molecule has 0 aromatic carbocycles. The first-order valence-electron chi connectivity index (χ1n) is 3.79. The van der Waals surface area contributed by atoms with Gasteiger partial charge in [0, 0.05) is 4.88 Å². The van der Waals surface area contributed by atoms with Gasteiger partial charge in [0.2, 0.25) is 0 Å². The van der Waals surface area contributed by atoms with Crippen molar-refractivity contribution in [2.45, 2.75) is 13.0 Å². The van der Waals surface area contributed by atoms with Crippen molar-refractivity contribution in [1.29, 1.82) is 0 Å². The molecule has 3 nitrogen and oxygen atoms in total. The number of rotatable bonds is 4. The summed E-state index contributed by atoms with van der Waals surface area (Å²) < 4.78 is 0. The lowest BCUT2D eigenvalue weighted by Crippen LogP contribution is -1.89. The molecule has 0 amide bonds. The van der Waals surface area contributed by atoms with E-state index in [0.29, 0.717) is 0 Å². The van der Waals surface area contributed by atoms with Crippen molar-refractivity contribution in [2.75, 3.05) is 0 Å². The van der Waals surface area contributed by atoms with Crippen molar-refractivity contribution in [2.24, 2.45) is 0 Å². The smallest absolute Gasteiger partial charge is 0.307 e. The maximum Gasteiger partial charge on any atom is 0.307 e. The lowest BCUT2D eigenvalue weighted by atomic mass is 10.2. The maximum atomic E-state index is 10.2. The van der Waals surface area contributed by atoms with Crippen molar-refractivity contribution in [1.82, 2.24) is 0 Å². The number of aliphatic hydroxyl groups is 1. The Balaban J connectivity index is 2.53. The second-order valence-electron chi connectivity index (χ2n) is 2.50. The predicted molar refractivity (Wildman–Crippen MR) is 51.5 cm³/mol. The van der Waals surface area contributed by atoms with E-state index in [2.05, 4.69) is 0 Å². The van der Waals surface area contributed by atoms with Gasteiger partial charge in [-0.2, -0.15) is 0 Å². The molecule has 1 aromatic rings. The van der Waals surface area contributed by atoms with Crippen molar-refractivity contribution in [3.05, 3.63) is 28.0 Å². The molecule has 0 aliphatic rings. The highest BCUT2D eigenvalue weighted by Gasteiger charge is 1.95. The fourth-order valence-electron chi connectivity index (χ4n) is 0.864. The van der Waals surface area contributed by atoms with Crippen LogP contribution in [0.25, 0.3) is 6.08 Å². The average Bonchev–Trinajstić information content (AvgIpc) is 2.52. The van der Waals surface area contributed by atoms with Crippen LogP contribution in [0.1, 0.15) is 16.9 Å². The van der Waals surface area contributed by atoms with E-state index in [9.17, 15) is 4.79 Å². The Morgan fingerprint density at radius 3 is 2.92 bits per heavy atom. The molecule has 2 N–H and O–H groups in total. The zero-order valence-corrected chi connectivity index (χ0v) is 7.75. The highest BCUT2D eigenvalue weighted by Crippen LogP contribution is 2.15. The van der Waals surface area contributed by atoms with Gasteiger partial charge < -0.3 is 10.2 Å². The van der Waals surface area contributed by atoms with E-state index >= 15 is 0 Å². The van der Waals surface area contributed by atoms with Gasteiger partial charge >= 0.3 is 5.97 Å². The van der Waals surface area contributed by atoms with Gasteiger partial charge in [0.15, 0.2) is 0 Å². The Morgan fingerprint density at radius 2 is 2.38 bits per heavy atom. The average molecular weight is 198 g/mol. The Kier molecular flexibility index (Phi) is 3.67. The molecule has 0 spiro atoms. The van der Waals surface area contributed by atoms with Crippen LogP contribution in [0.2, 0.25) is 0 Å². The summed E-state index contributed by atoms with van der Waals surface area (Å²) in [5.74, 6) is -0.839. The molecule has 0 saturated heterocycles. The Bertz CT molecular complexity index is 314. The minimum absolute atomic E-state index is 0.0320. The molecule has 0 saturated carbocycles. The summed E-state index contributed by atoms with van der Waals surface area (Å²) in [6.45, 7) is 0.0391. The van der Waals surface area contributed by atoms with Crippen LogP contribution in [0, 0.1) is 0 Å². The highest BCUT2D eigenvalue weighted by molar-refractivity contribution is 7.10. The van der Waals surface area contributed by atoms with Gasteiger partial charge in [0.1, 0.15) is 0 Å². The van der Waals surface area contributed by atoms with Gasteiger partial charge in [0.25, 0.3) is 0 Å². The van der Waals surface area contributed by atoms with Crippen LogP contribution in [0.3, 0.4) is 0 Å². The Hall–Kier alpha value is -1.13. The molecule has 0 radical (unpaired) electrons. The molecule has 0 aliphatic heterocycles. The van der Waals surface area contributed by atoms with Crippen molar-refractivity contribution < 1.29 is 15.0 Å². The molecule has 13 heavy (non-hydrogen) atoms. The number of aliphatic carboxylic acids is 1. The number of aliphatic hydroxyl groups excluding tert-OH is 1. The van der Waals surface area contributed by atoms with Gasteiger partial charge in [0.05, 0.1) is 13.0 Å². The van der Waals surface area contributed by atoms with Crippen LogP contribution < -0.4 is 0 Å². The SMILES string of the molecule is O=C(O)CC=Cc1csc(CO)c1. The molecule has 4 heteroatoms. The summed E-state index contributed by atoms with van der Waals surface area (Å²) in [5.41, 5.74) is 0.940. The minimum Gasteiger partial charge on any atom is -0.481 e. The standard InChI is InChI=1S/C9H10O3S/c10-5-8-4-7(6-13-8)2-1-3-9(11)12/h1-2,4,6,10H,3,5H2,(H,11,12). The number of carbonyl (C=O) groups is 1. The Labute approximate surface area is 80.0 Å². The minimum atomic E-state index is -0.839. The van der Waals surface area contributed by atoms with E-state index in [4.69, 9.17) is 10.2 Å². The normalized spacial score (nSPS) is 10.8. The van der Waals surface area contributed by atoms with Gasteiger partial charge in [-0.05, 0) is 17.0 Å². The zero-order valence-electron chi connectivity index (χ0n) is 6.93. The van der Waals surface area contributed by atoms with E-state index in [1.165, 1.54) is 11.3 Å². The topological polar surface area (TPSA) is 57.5 Å². The molecule has 1 rings (SSSR count). The molecule has 0 aliphatic carbocycles. The largest absolute Gasteiger partial charge is 0.481 e. The van der Waals surface area contributed by atoms with Crippen molar-refractivity contribution in [3.8, 4) is 0 Å². The highest BCUT2D eigenvalue weighted by atomic mass is 32.1. The van der Waals surface area contributed by atoms with E-state index in [1.807, 2.05) is 11.4 Å². The van der Waals surface area contributed by atoms with Crippen LogP contribution in [-0.4, -0.2) is 16.2 Å². The van der Waals surface area contributed by atoms with Gasteiger partial charge in [-0.15, -0.1) is 11.3 Å². The monoisotopic (exact) mass is 198 g/mol. The quantitative estimate of drug-likeness (QED) is 0.774. The molecule has 0 fully saturated rings. The summed E-state index contributed by atoms with van der Waals surface area (Å²) >= 11 is 1.46. The number of hydrogen-bond donors (Lipinski definition) is 2. The van der Waals surface area contributed by atoms with Gasteiger partial charge in [-0.25, -0.2) is 0 Å². The summed E-state index contributed by atoms with van der Waals surface area (Å²) in [7, 11) is 0. The van der Waals surface area contributed by atoms with Crippen LogP contribution in [-0.2, 0) is 11.4 Å². The number of carboxylic acids is 1. The molecule has 0 atom stereocenters. The second kappa shape index (κ2) is 4.79. The van der Waals surface area contributed by atoms with Crippen LogP contribution >= 0.6 is 11.3 Å². The third-order valence-electron chi connectivity index (χ3n) is 1.43. The first kappa shape index (κ1) is 9.95. The molecular formula is C9H10O3S. The molecule has 0 unspecified atom stereocenters. The number of carboxylic acid groups (broad SMARTS) is 1. The maximum absolute atomic E-state index is 10.2. The van der Waals surface area contributed by atoms with Crippen molar-refractivity contribution >= 4 is 23.4 Å². The van der Waals surface area contributed by atoms with Gasteiger partial charge in [-0.3, -0.25) is 4.79 Å². The van der Waals surface area contributed by atoms with Gasteiger partial charge in [-0.1, -0.05) is 12.2 Å². The van der Waals surface area contributed by atoms with Crippen LogP contribution in [0.15, 0.2) is 17.5 Å². The molecule has 1 aromatic heterocycles. The summed E-state index contributed by atoms with van der Waals surface area (Å²) in [4.78, 5) is 11.0. The molecular weight excluding hydrogens is 188 g/mol. The molecule has 70 valence electrons. The third kappa shape index (κ3) is 3.40. The fourth-order valence-corrected chi connectivity index (χ4v) is 1.58. The summed E-state index contributed by atoms with van der Waals surface area (Å²) in [5, 5.41) is 19.0. The molecule has 1 heterocycles. The summed E-state index contributed by atoms with van der Waals surface area (Å²) in [6, 6.07) is 1.84. The van der Waals surface area contributed by atoms with E-state index in [-0.39, 0.29) is 13.0 Å². The fraction of sp³-hybridized carbons (Fsp3) is 0.222. The third-order valence-corrected chi connectivity index (χ3v) is 2.37. The first-order chi connectivity index (χ1) is 6.22. The Morgan fingerprint density at radius 1 is 1.62 bits per heavy atom. The van der Waals surface area contributed by atoms with E-state index < -0.39 is 5.97 Å². The second-order valence-corrected chi connectivity index (χ2v) is 3.50. The van der Waals surface area contributed by atoms with E-state index in [1.54, 1.807) is 12.2 Å². The van der Waals surface area contributed by atoms with Crippen LogP contribution in [0.5, 0.6) is 0 Å². The lowest BCUT2D eigenvalue weighted by molar-refractivity contribution is -0.135. The zero-order chi connectivity index (χ0) is 9.68. The predicted octanol–water partition coefficient (Wildman–Crippen LogP) is 1.73. The lowest BCUT2D eigenvalue weighted by Gasteiger charge is -1.84. The summed E-state index contributed by atoms with van der Waals surface area (Å²) in [6.07, 6.45) is 3.36. The molecule has 0 bridgehead atoms. The number of thiophene rings is 1. The number of hydrogen-bond acceptors (Lipinski definition) is 3. The van der Waals surface area contributed by atoms with E-state index in [0.717, 1.165) is 10.4 Å². The van der Waals surface area contributed by atoms with Crippen LogP contribution in [0.4, 0.5) is 0 Å².